The highest BCUT2D eigenvalue weighted by Crippen LogP contribution is 2.21. The van der Waals surface area contributed by atoms with Crippen molar-refractivity contribution < 1.29 is 4.79 Å². The zero-order valence-corrected chi connectivity index (χ0v) is 19.5. The first-order valence-corrected chi connectivity index (χ1v) is 12.4. The summed E-state index contributed by atoms with van der Waals surface area (Å²) in [5.41, 5.74) is 7.00. The first-order valence-electron chi connectivity index (χ1n) is 11.4. The Bertz CT molecular complexity index is 1120. The minimum absolute atomic E-state index is 0.0272. The summed E-state index contributed by atoms with van der Waals surface area (Å²) in [6, 6.07) is 13.9. The highest BCUT2D eigenvalue weighted by atomic mass is 32.2. The van der Waals surface area contributed by atoms with Crippen LogP contribution in [0.3, 0.4) is 0 Å². The number of nitrogens with zero attached hydrogens (tertiary/aromatic N) is 4. The van der Waals surface area contributed by atoms with Gasteiger partial charge in [-0.2, -0.15) is 0 Å². The van der Waals surface area contributed by atoms with E-state index < -0.39 is 0 Å². The molecule has 2 aromatic heterocycles. The summed E-state index contributed by atoms with van der Waals surface area (Å²) in [4.78, 5) is 24.8. The molecule has 0 unspecified atom stereocenters. The number of amides is 1. The van der Waals surface area contributed by atoms with E-state index in [0.717, 1.165) is 25.7 Å². The first kappa shape index (κ1) is 23.1. The number of carbonyl (C=O) groups excluding carboxylic acids is 1. The topological polar surface area (TPSA) is 108 Å². The van der Waals surface area contributed by atoms with E-state index in [0.29, 0.717) is 29.3 Å². The van der Waals surface area contributed by atoms with Crippen LogP contribution in [0.4, 0.5) is 5.69 Å². The number of hydrogen-bond donors (Lipinski definition) is 2. The Labute approximate surface area is 197 Å². The molecule has 0 radical (unpaired) electrons. The lowest BCUT2D eigenvalue weighted by Crippen LogP contribution is -2.33. The largest absolute Gasteiger partial charge is 0.394 e. The van der Waals surface area contributed by atoms with E-state index in [1.54, 1.807) is 18.3 Å². The Kier molecular flexibility index (Phi) is 7.83. The lowest BCUT2D eigenvalue weighted by atomic mass is 10.1. The number of nitrogens with two attached hydrogens (primary N) is 1. The molecule has 0 aliphatic heterocycles. The number of aromatic nitrogens is 4. The molecule has 1 aliphatic carbocycles. The molecule has 174 valence electrons. The smallest absolute Gasteiger partial charge is 0.274 e. The van der Waals surface area contributed by atoms with Gasteiger partial charge in [0.25, 0.3) is 5.56 Å². The third kappa shape index (κ3) is 6.25. The zero-order valence-electron chi connectivity index (χ0n) is 18.7. The first-order chi connectivity index (χ1) is 16.1. The van der Waals surface area contributed by atoms with Gasteiger partial charge in [-0.15, -0.1) is 10.2 Å². The van der Waals surface area contributed by atoms with Crippen LogP contribution in [0.25, 0.3) is 0 Å². The van der Waals surface area contributed by atoms with E-state index in [9.17, 15) is 9.59 Å². The van der Waals surface area contributed by atoms with Crippen LogP contribution in [-0.4, -0.2) is 37.0 Å². The summed E-state index contributed by atoms with van der Waals surface area (Å²) >= 11 is 1.39. The van der Waals surface area contributed by atoms with Crippen LogP contribution in [0.2, 0.25) is 0 Å². The SMILES string of the molecule is Nc1cccn(Cc2nnc(SCC(=O)NC3CCCC3)n2CCCc2ccccc2)c1=O. The number of hydrogen-bond acceptors (Lipinski definition) is 6. The molecule has 33 heavy (non-hydrogen) atoms. The third-order valence-electron chi connectivity index (χ3n) is 5.90. The maximum atomic E-state index is 12.4. The average molecular weight is 467 g/mol. The normalized spacial score (nSPS) is 13.9. The van der Waals surface area contributed by atoms with Crippen molar-refractivity contribution in [1.29, 1.82) is 0 Å². The Balaban J connectivity index is 1.46. The van der Waals surface area contributed by atoms with Gasteiger partial charge in [0.05, 0.1) is 18.0 Å². The standard InChI is InChI=1S/C24H30N6O2S/c25-20-13-7-14-29(23(20)32)16-21-27-28-24(33-17-22(31)26-19-11-4-5-12-19)30(21)15-6-10-18-8-2-1-3-9-18/h1-3,7-9,13-14,19H,4-6,10-12,15-17,25H2,(H,26,31). The van der Waals surface area contributed by atoms with E-state index in [4.69, 9.17) is 5.73 Å². The van der Waals surface area contributed by atoms with Crippen molar-refractivity contribution in [3.8, 4) is 0 Å². The fourth-order valence-corrected chi connectivity index (χ4v) is 4.95. The van der Waals surface area contributed by atoms with E-state index in [-0.39, 0.29) is 23.7 Å². The minimum Gasteiger partial charge on any atom is -0.394 e. The minimum atomic E-state index is -0.249. The molecule has 1 aromatic carbocycles. The molecule has 9 heteroatoms. The summed E-state index contributed by atoms with van der Waals surface area (Å²) in [6.45, 7) is 0.970. The molecule has 8 nitrogen and oxygen atoms in total. The zero-order chi connectivity index (χ0) is 23.0. The van der Waals surface area contributed by atoms with Gasteiger partial charge in [-0.05, 0) is 43.4 Å². The Morgan fingerprint density at radius 1 is 1.12 bits per heavy atom. The predicted octanol–water partition coefficient (Wildman–Crippen LogP) is 2.85. The van der Waals surface area contributed by atoms with Crippen LogP contribution >= 0.6 is 11.8 Å². The number of anilines is 1. The molecule has 2 heterocycles. The summed E-state index contributed by atoms with van der Waals surface area (Å²) in [7, 11) is 0. The van der Waals surface area contributed by atoms with Gasteiger partial charge in [0, 0.05) is 18.8 Å². The van der Waals surface area contributed by atoms with Crippen LogP contribution in [0.5, 0.6) is 0 Å². The molecule has 1 fully saturated rings. The monoisotopic (exact) mass is 466 g/mol. The number of nitrogens with one attached hydrogen (secondary N) is 1. The van der Waals surface area contributed by atoms with Gasteiger partial charge in [-0.1, -0.05) is 54.9 Å². The Morgan fingerprint density at radius 3 is 2.70 bits per heavy atom. The molecule has 0 saturated heterocycles. The predicted molar refractivity (Wildman–Crippen MR) is 130 cm³/mol. The lowest BCUT2D eigenvalue weighted by Gasteiger charge is -2.13. The highest BCUT2D eigenvalue weighted by molar-refractivity contribution is 7.99. The molecule has 0 spiro atoms. The van der Waals surface area contributed by atoms with Gasteiger partial charge < -0.3 is 20.2 Å². The highest BCUT2D eigenvalue weighted by Gasteiger charge is 2.19. The van der Waals surface area contributed by atoms with Crippen molar-refractivity contribution in [2.24, 2.45) is 0 Å². The number of rotatable bonds is 10. The fraction of sp³-hybridized carbons (Fsp3) is 0.417. The average Bonchev–Trinajstić information content (AvgIpc) is 3.46. The third-order valence-corrected chi connectivity index (χ3v) is 6.86. The van der Waals surface area contributed by atoms with Crippen LogP contribution in [-0.2, 0) is 24.3 Å². The van der Waals surface area contributed by atoms with E-state index >= 15 is 0 Å². The van der Waals surface area contributed by atoms with Crippen LogP contribution in [0.15, 0.2) is 58.6 Å². The second-order valence-corrected chi connectivity index (χ2v) is 9.32. The van der Waals surface area contributed by atoms with Crippen LogP contribution < -0.4 is 16.6 Å². The van der Waals surface area contributed by atoms with Gasteiger partial charge in [0.1, 0.15) is 0 Å². The molecular weight excluding hydrogens is 436 g/mol. The van der Waals surface area contributed by atoms with Crippen LogP contribution in [0, 0.1) is 0 Å². The molecule has 4 rings (SSSR count). The Morgan fingerprint density at radius 2 is 1.91 bits per heavy atom. The molecule has 1 amide bonds. The van der Waals surface area contributed by atoms with Gasteiger partial charge in [0.15, 0.2) is 11.0 Å². The maximum Gasteiger partial charge on any atom is 0.274 e. The number of benzene rings is 1. The molecule has 0 atom stereocenters. The van der Waals surface area contributed by atoms with Crippen molar-refractivity contribution in [1.82, 2.24) is 24.6 Å². The second kappa shape index (κ2) is 11.2. The maximum absolute atomic E-state index is 12.4. The number of thioether (sulfide) groups is 1. The Hall–Kier alpha value is -3.07. The van der Waals surface area contributed by atoms with Crippen molar-refractivity contribution in [3.05, 3.63) is 70.4 Å². The fourth-order valence-electron chi connectivity index (χ4n) is 4.16. The number of carbonyl (C=O) groups is 1. The molecular formula is C24H30N6O2S. The van der Waals surface area contributed by atoms with Crippen molar-refractivity contribution in [3.63, 3.8) is 0 Å². The van der Waals surface area contributed by atoms with Gasteiger partial charge in [-0.25, -0.2) is 0 Å². The van der Waals surface area contributed by atoms with Crippen LogP contribution in [0.1, 0.15) is 43.5 Å². The summed E-state index contributed by atoms with van der Waals surface area (Å²) in [5.74, 6) is 1.000. The number of aryl methyl sites for hydroxylation is 1. The molecule has 1 aliphatic rings. The second-order valence-electron chi connectivity index (χ2n) is 8.37. The number of pyridine rings is 1. The molecule has 0 bridgehead atoms. The quantitative estimate of drug-likeness (QED) is 0.445. The summed E-state index contributed by atoms with van der Waals surface area (Å²) in [6.07, 6.45) is 7.99. The van der Waals surface area contributed by atoms with Gasteiger partial charge in [-0.3, -0.25) is 9.59 Å². The molecule has 3 N–H and O–H groups in total. The van der Waals surface area contributed by atoms with Crippen molar-refractivity contribution in [2.75, 3.05) is 11.5 Å². The van der Waals surface area contributed by atoms with Crippen molar-refractivity contribution >= 4 is 23.4 Å². The summed E-state index contributed by atoms with van der Waals surface area (Å²) in [5, 5.41) is 12.5. The van der Waals surface area contributed by atoms with E-state index in [1.807, 2.05) is 22.8 Å². The van der Waals surface area contributed by atoms with E-state index in [1.165, 1.54) is 34.7 Å². The van der Waals surface area contributed by atoms with Gasteiger partial charge >= 0.3 is 0 Å². The van der Waals surface area contributed by atoms with Crippen molar-refractivity contribution in [2.45, 2.75) is 62.8 Å². The summed E-state index contributed by atoms with van der Waals surface area (Å²) < 4.78 is 3.56. The molecule has 1 saturated carbocycles. The van der Waals surface area contributed by atoms with E-state index in [2.05, 4.69) is 27.6 Å². The number of nitrogen functional groups attached to an aromatic ring is 1. The van der Waals surface area contributed by atoms with Gasteiger partial charge in [0.2, 0.25) is 5.91 Å². The molecule has 3 aromatic rings. The lowest BCUT2D eigenvalue weighted by molar-refractivity contribution is -0.119.